The van der Waals surface area contributed by atoms with Gasteiger partial charge in [-0.1, -0.05) is 24.3 Å². The van der Waals surface area contributed by atoms with Gasteiger partial charge >= 0.3 is 0 Å². The van der Waals surface area contributed by atoms with E-state index in [9.17, 15) is 4.79 Å². The van der Waals surface area contributed by atoms with Gasteiger partial charge in [0.05, 0.1) is 37.3 Å². The van der Waals surface area contributed by atoms with Gasteiger partial charge in [-0.15, -0.1) is 0 Å². The number of nitrogens with zero attached hydrogens (tertiary/aromatic N) is 3. The Morgan fingerprint density at radius 1 is 1.00 bits per heavy atom. The van der Waals surface area contributed by atoms with Gasteiger partial charge in [0.1, 0.15) is 5.75 Å². The molecule has 3 heterocycles. The molecule has 154 valence electrons. The first-order valence-electron chi connectivity index (χ1n) is 10.2. The van der Waals surface area contributed by atoms with Crippen molar-refractivity contribution in [2.45, 2.75) is 12.8 Å². The van der Waals surface area contributed by atoms with Crippen molar-refractivity contribution in [3.8, 4) is 28.3 Å². The minimum absolute atomic E-state index is 0.147. The molecule has 6 heteroatoms. The van der Waals surface area contributed by atoms with Crippen LogP contribution >= 0.6 is 0 Å². The van der Waals surface area contributed by atoms with Crippen molar-refractivity contribution in [1.29, 1.82) is 0 Å². The SMILES string of the molecule is COc1c(CCC(=O)N2CCOCC2)ccc(-c2ccccn2)c1-c1ccccn1. The molecule has 1 aliphatic rings. The van der Waals surface area contributed by atoms with Gasteiger partial charge in [0, 0.05) is 37.5 Å². The number of hydrogen-bond donors (Lipinski definition) is 0. The lowest BCUT2D eigenvalue weighted by Gasteiger charge is -2.27. The lowest BCUT2D eigenvalue weighted by Crippen LogP contribution is -2.40. The fourth-order valence-corrected chi connectivity index (χ4v) is 3.77. The number of morpholine rings is 1. The van der Waals surface area contributed by atoms with E-state index in [1.54, 1.807) is 19.5 Å². The fourth-order valence-electron chi connectivity index (χ4n) is 3.77. The predicted octanol–water partition coefficient (Wildman–Crippen LogP) is 3.61. The highest BCUT2D eigenvalue weighted by molar-refractivity contribution is 5.86. The Morgan fingerprint density at radius 3 is 2.33 bits per heavy atom. The fraction of sp³-hybridized carbons (Fsp3) is 0.292. The summed E-state index contributed by atoms with van der Waals surface area (Å²) in [7, 11) is 1.66. The monoisotopic (exact) mass is 403 g/mol. The number of benzene rings is 1. The zero-order chi connectivity index (χ0) is 20.8. The van der Waals surface area contributed by atoms with E-state index >= 15 is 0 Å². The Labute approximate surface area is 176 Å². The summed E-state index contributed by atoms with van der Waals surface area (Å²) in [6.07, 6.45) is 4.58. The summed E-state index contributed by atoms with van der Waals surface area (Å²) in [5, 5.41) is 0. The molecule has 0 bridgehead atoms. The molecule has 0 saturated carbocycles. The minimum Gasteiger partial charge on any atom is -0.496 e. The number of hydrogen-bond acceptors (Lipinski definition) is 5. The number of aryl methyl sites for hydroxylation is 1. The van der Waals surface area contributed by atoms with E-state index in [1.807, 2.05) is 53.4 Å². The van der Waals surface area contributed by atoms with Gasteiger partial charge in [0.2, 0.25) is 5.91 Å². The molecule has 0 radical (unpaired) electrons. The Bertz CT molecular complexity index is 987. The standard InChI is InChI=1S/C24H25N3O3/c1-29-24-18(9-11-22(28)27-14-16-30-17-15-27)8-10-19(20-6-2-4-12-25-20)23(24)21-7-3-5-13-26-21/h2-8,10,12-13H,9,11,14-17H2,1H3. The summed E-state index contributed by atoms with van der Waals surface area (Å²) >= 11 is 0. The molecule has 0 N–H and O–H groups in total. The average molecular weight is 403 g/mol. The van der Waals surface area contributed by atoms with Crippen LogP contribution < -0.4 is 4.74 Å². The van der Waals surface area contributed by atoms with Gasteiger partial charge in [0.25, 0.3) is 0 Å². The zero-order valence-corrected chi connectivity index (χ0v) is 17.1. The second-order valence-corrected chi connectivity index (χ2v) is 7.10. The maximum Gasteiger partial charge on any atom is 0.223 e. The molecule has 0 atom stereocenters. The van der Waals surface area contributed by atoms with Gasteiger partial charge in [-0.25, -0.2) is 0 Å². The number of carbonyl (C=O) groups is 1. The van der Waals surface area contributed by atoms with Crippen LogP contribution in [-0.2, 0) is 16.0 Å². The molecule has 1 fully saturated rings. The van der Waals surface area contributed by atoms with Crippen molar-refractivity contribution in [2.24, 2.45) is 0 Å². The van der Waals surface area contributed by atoms with E-state index < -0.39 is 0 Å². The summed E-state index contributed by atoms with van der Waals surface area (Å²) in [6, 6.07) is 15.7. The lowest BCUT2D eigenvalue weighted by atomic mass is 9.94. The molecule has 4 rings (SSSR count). The topological polar surface area (TPSA) is 64.5 Å². The number of ether oxygens (including phenoxy) is 2. The van der Waals surface area contributed by atoms with Crippen molar-refractivity contribution in [3.05, 3.63) is 66.5 Å². The molecule has 1 saturated heterocycles. The molecule has 1 amide bonds. The van der Waals surface area contributed by atoms with Crippen LogP contribution in [0.2, 0.25) is 0 Å². The van der Waals surface area contributed by atoms with Crippen LogP contribution in [0.5, 0.6) is 5.75 Å². The summed E-state index contributed by atoms with van der Waals surface area (Å²) in [4.78, 5) is 23.6. The predicted molar refractivity (Wildman–Crippen MR) is 115 cm³/mol. The Balaban J connectivity index is 1.69. The van der Waals surface area contributed by atoms with Crippen LogP contribution in [-0.4, -0.2) is 54.2 Å². The maximum atomic E-state index is 12.6. The number of pyridine rings is 2. The first kappa shape index (κ1) is 20.0. The number of carbonyl (C=O) groups excluding carboxylic acids is 1. The van der Waals surface area contributed by atoms with Crippen LogP contribution in [0.3, 0.4) is 0 Å². The quantitative estimate of drug-likeness (QED) is 0.629. The summed E-state index contributed by atoms with van der Waals surface area (Å²) in [5.41, 5.74) is 4.51. The first-order valence-corrected chi connectivity index (χ1v) is 10.2. The zero-order valence-electron chi connectivity index (χ0n) is 17.1. The molecular weight excluding hydrogens is 378 g/mol. The second-order valence-electron chi connectivity index (χ2n) is 7.10. The van der Waals surface area contributed by atoms with Crippen molar-refractivity contribution in [1.82, 2.24) is 14.9 Å². The van der Waals surface area contributed by atoms with Crippen molar-refractivity contribution < 1.29 is 14.3 Å². The third kappa shape index (κ3) is 4.33. The second kappa shape index (κ2) is 9.50. The van der Waals surface area contributed by atoms with E-state index in [1.165, 1.54) is 0 Å². The van der Waals surface area contributed by atoms with E-state index in [2.05, 4.69) is 9.97 Å². The van der Waals surface area contributed by atoms with Crippen LogP contribution in [0.4, 0.5) is 0 Å². The highest BCUT2D eigenvalue weighted by Gasteiger charge is 2.21. The largest absolute Gasteiger partial charge is 0.496 e. The summed E-state index contributed by atoms with van der Waals surface area (Å²) < 4.78 is 11.2. The van der Waals surface area contributed by atoms with Crippen LogP contribution in [0, 0.1) is 0 Å². The summed E-state index contributed by atoms with van der Waals surface area (Å²) in [5.74, 6) is 0.889. The van der Waals surface area contributed by atoms with E-state index in [0.29, 0.717) is 39.1 Å². The third-order valence-electron chi connectivity index (χ3n) is 5.28. The number of aromatic nitrogens is 2. The molecule has 30 heavy (non-hydrogen) atoms. The highest BCUT2D eigenvalue weighted by Crippen LogP contribution is 2.40. The Morgan fingerprint density at radius 2 is 1.70 bits per heavy atom. The van der Waals surface area contributed by atoms with Crippen LogP contribution in [0.25, 0.3) is 22.5 Å². The van der Waals surface area contributed by atoms with Gasteiger partial charge in [0.15, 0.2) is 0 Å². The maximum absolute atomic E-state index is 12.6. The van der Waals surface area contributed by atoms with E-state index in [4.69, 9.17) is 9.47 Å². The smallest absolute Gasteiger partial charge is 0.223 e. The highest BCUT2D eigenvalue weighted by atomic mass is 16.5. The van der Waals surface area contributed by atoms with Crippen LogP contribution in [0.1, 0.15) is 12.0 Å². The lowest BCUT2D eigenvalue weighted by molar-refractivity contribution is -0.135. The van der Waals surface area contributed by atoms with Gasteiger partial charge in [-0.05, 0) is 36.2 Å². The van der Waals surface area contributed by atoms with E-state index in [-0.39, 0.29) is 5.91 Å². The van der Waals surface area contributed by atoms with Gasteiger partial charge in [-0.3, -0.25) is 14.8 Å². The van der Waals surface area contributed by atoms with Crippen LogP contribution in [0.15, 0.2) is 60.9 Å². The molecule has 0 aliphatic carbocycles. The molecule has 1 aromatic carbocycles. The molecule has 1 aliphatic heterocycles. The van der Waals surface area contributed by atoms with Crippen molar-refractivity contribution in [2.75, 3.05) is 33.4 Å². The van der Waals surface area contributed by atoms with E-state index in [0.717, 1.165) is 33.8 Å². The molecular formula is C24H25N3O3. The molecule has 0 unspecified atom stereocenters. The van der Waals surface area contributed by atoms with Crippen molar-refractivity contribution in [3.63, 3.8) is 0 Å². The number of amides is 1. The first-order chi connectivity index (χ1) is 14.8. The Hall–Kier alpha value is -3.25. The number of methoxy groups -OCH3 is 1. The average Bonchev–Trinajstić information content (AvgIpc) is 2.83. The normalized spacial score (nSPS) is 13.8. The number of rotatable bonds is 6. The Kier molecular flexibility index (Phi) is 6.35. The third-order valence-corrected chi connectivity index (χ3v) is 5.28. The molecule has 6 nitrogen and oxygen atoms in total. The van der Waals surface area contributed by atoms with Gasteiger partial charge < -0.3 is 14.4 Å². The van der Waals surface area contributed by atoms with Crippen molar-refractivity contribution >= 4 is 5.91 Å². The molecule has 2 aromatic heterocycles. The molecule has 3 aromatic rings. The molecule has 0 spiro atoms. The van der Waals surface area contributed by atoms with Gasteiger partial charge in [-0.2, -0.15) is 0 Å². The minimum atomic E-state index is 0.147. The summed E-state index contributed by atoms with van der Waals surface area (Å²) in [6.45, 7) is 2.54.